The van der Waals surface area contributed by atoms with Crippen LogP contribution in [0.2, 0.25) is 0 Å². The number of rotatable bonds is 4. The van der Waals surface area contributed by atoms with Crippen molar-refractivity contribution >= 4 is 39.9 Å². The molecule has 1 unspecified atom stereocenters. The molecule has 0 fully saturated rings. The van der Waals surface area contributed by atoms with E-state index in [0.29, 0.717) is 23.7 Å². The summed E-state index contributed by atoms with van der Waals surface area (Å²) in [7, 11) is 0. The topological polar surface area (TPSA) is 88.5 Å². The Labute approximate surface area is 134 Å². The van der Waals surface area contributed by atoms with Crippen molar-refractivity contribution in [1.82, 2.24) is 4.98 Å². The lowest BCUT2D eigenvalue weighted by atomic mass is 10.0. The van der Waals surface area contributed by atoms with E-state index >= 15 is 0 Å². The van der Waals surface area contributed by atoms with Crippen LogP contribution in [-0.2, 0) is 22.4 Å². The molecule has 2 heterocycles. The highest BCUT2D eigenvalue weighted by Gasteiger charge is 2.28. The molecule has 0 aromatic carbocycles. The molecule has 0 radical (unpaired) electrons. The van der Waals surface area contributed by atoms with Gasteiger partial charge in [0.25, 0.3) is 0 Å². The van der Waals surface area contributed by atoms with Crippen LogP contribution in [0.3, 0.4) is 0 Å². The number of carboxylic acid groups (broad SMARTS) is 1. The lowest BCUT2D eigenvalue weighted by Gasteiger charge is -2.19. The number of aromatic nitrogens is 1. The summed E-state index contributed by atoms with van der Waals surface area (Å²) in [6.07, 6.45) is 0.820. The van der Waals surface area contributed by atoms with E-state index in [4.69, 9.17) is 9.84 Å². The average molecular weight is 338 g/mol. The maximum Gasteiger partial charge on any atom is 0.506 e. The van der Waals surface area contributed by atoms with Crippen molar-refractivity contribution in [3.63, 3.8) is 0 Å². The van der Waals surface area contributed by atoms with Gasteiger partial charge in [-0.05, 0) is 30.7 Å². The van der Waals surface area contributed by atoms with Gasteiger partial charge in [0.15, 0.2) is 5.13 Å². The van der Waals surface area contributed by atoms with Gasteiger partial charge in [-0.15, -0.1) is 22.7 Å². The van der Waals surface area contributed by atoms with Crippen LogP contribution in [0.1, 0.15) is 34.4 Å². The Balaban J connectivity index is 1.69. The fourth-order valence-corrected chi connectivity index (χ4v) is 4.18. The number of hydrogen-bond acceptors (Lipinski definition) is 6. The summed E-state index contributed by atoms with van der Waals surface area (Å²) in [5.74, 6) is -0.121. The first-order chi connectivity index (χ1) is 10.6. The summed E-state index contributed by atoms with van der Waals surface area (Å²) in [6.45, 7) is 0. The molecule has 1 aliphatic carbocycles. The Morgan fingerprint density at radius 2 is 2.36 bits per heavy atom. The highest BCUT2D eigenvalue weighted by atomic mass is 32.1. The third-order valence-corrected chi connectivity index (χ3v) is 5.23. The largest absolute Gasteiger partial charge is 0.506 e. The molecule has 0 spiro atoms. The number of nitrogens with zero attached hydrogens (tertiary/aromatic N) is 1. The normalized spacial score (nSPS) is 16.8. The second-order valence-electron chi connectivity index (χ2n) is 4.90. The number of amides is 1. The number of anilines is 1. The van der Waals surface area contributed by atoms with Crippen LogP contribution in [0.4, 0.5) is 9.93 Å². The van der Waals surface area contributed by atoms with Crippen molar-refractivity contribution in [3.8, 4) is 0 Å². The number of carbonyl (C=O) groups is 2. The second kappa shape index (κ2) is 6.45. The van der Waals surface area contributed by atoms with Crippen molar-refractivity contribution < 1.29 is 19.4 Å². The number of aryl methyl sites for hydroxylation is 1. The zero-order valence-electron chi connectivity index (χ0n) is 11.6. The average Bonchev–Trinajstić information content (AvgIpc) is 3.07. The molecule has 3 rings (SSSR count). The molecule has 1 atom stereocenters. The Morgan fingerprint density at radius 3 is 3.09 bits per heavy atom. The number of hydrogen-bond donors (Lipinski definition) is 2. The summed E-state index contributed by atoms with van der Waals surface area (Å²) in [4.78, 5) is 29.1. The molecule has 8 heteroatoms. The molecule has 116 valence electrons. The summed E-state index contributed by atoms with van der Waals surface area (Å²) in [6, 6.07) is 3.82. The van der Waals surface area contributed by atoms with Crippen LogP contribution < -0.4 is 5.32 Å². The molecular formula is C14H14N2O4S2. The number of ether oxygens (including phenoxy) is 1. The quantitative estimate of drug-likeness (QED) is 0.834. The van der Waals surface area contributed by atoms with Gasteiger partial charge >= 0.3 is 6.16 Å². The number of fused-ring (bicyclic) bond motifs is 1. The van der Waals surface area contributed by atoms with Crippen molar-refractivity contribution in [3.05, 3.63) is 33.0 Å². The maximum absolute atomic E-state index is 12.0. The van der Waals surface area contributed by atoms with Crippen LogP contribution in [-0.4, -0.2) is 22.2 Å². The Kier molecular flexibility index (Phi) is 4.39. The van der Waals surface area contributed by atoms with Crippen LogP contribution in [0.5, 0.6) is 0 Å². The van der Waals surface area contributed by atoms with Gasteiger partial charge < -0.3 is 15.2 Å². The van der Waals surface area contributed by atoms with Gasteiger partial charge in [0.2, 0.25) is 5.91 Å². The van der Waals surface area contributed by atoms with Crippen LogP contribution in [0.15, 0.2) is 17.5 Å². The molecule has 2 aromatic heterocycles. The van der Waals surface area contributed by atoms with Gasteiger partial charge in [0.1, 0.15) is 6.10 Å². The van der Waals surface area contributed by atoms with Gasteiger partial charge in [-0.25, -0.2) is 9.78 Å². The molecule has 0 aliphatic heterocycles. The minimum Gasteiger partial charge on any atom is -0.450 e. The molecule has 22 heavy (non-hydrogen) atoms. The fourth-order valence-electron chi connectivity index (χ4n) is 2.40. The minimum absolute atomic E-state index is 0.121. The summed E-state index contributed by atoms with van der Waals surface area (Å²) < 4.78 is 4.87. The molecular weight excluding hydrogens is 324 g/mol. The van der Waals surface area contributed by atoms with E-state index in [1.165, 1.54) is 22.7 Å². The van der Waals surface area contributed by atoms with Gasteiger partial charge in [0.05, 0.1) is 12.1 Å². The molecule has 0 saturated carbocycles. The number of thiophene rings is 1. The third-order valence-electron chi connectivity index (χ3n) is 3.31. The summed E-state index contributed by atoms with van der Waals surface area (Å²) >= 11 is 2.93. The van der Waals surface area contributed by atoms with Crippen molar-refractivity contribution in [2.45, 2.75) is 31.8 Å². The van der Waals surface area contributed by atoms with Gasteiger partial charge in [-0.3, -0.25) is 4.79 Å². The van der Waals surface area contributed by atoms with Gasteiger partial charge in [-0.2, -0.15) is 0 Å². The molecule has 2 N–H and O–H groups in total. The van der Waals surface area contributed by atoms with E-state index in [9.17, 15) is 9.59 Å². The fraction of sp³-hybridized carbons (Fsp3) is 0.357. The van der Waals surface area contributed by atoms with E-state index < -0.39 is 12.3 Å². The highest BCUT2D eigenvalue weighted by molar-refractivity contribution is 7.16. The first-order valence-electron chi connectivity index (χ1n) is 6.83. The first kappa shape index (κ1) is 15.0. The molecule has 0 bridgehead atoms. The third kappa shape index (κ3) is 3.45. The van der Waals surface area contributed by atoms with Crippen LogP contribution in [0.25, 0.3) is 0 Å². The molecule has 6 nitrogen and oxygen atoms in total. The smallest absolute Gasteiger partial charge is 0.450 e. The van der Waals surface area contributed by atoms with Gasteiger partial charge in [-0.1, -0.05) is 6.07 Å². The standard InChI is InChI=1S/C14H14N2O4S2/c17-11(7-8-3-2-6-21-8)15-13-16-12-9(20-14(18)19)4-1-5-10(12)22-13/h2-3,6,9H,1,4-5,7H2,(H,18,19)(H,15,16,17). The summed E-state index contributed by atoms with van der Waals surface area (Å²) in [5, 5.41) is 14.0. The van der Waals surface area contributed by atoms with E-state index in [1.807, 2.05) is 17.5 Å². The van der Waals surface area contributed by atoms with E-state index in [2.05, 4.69) is 10.3 Å². The predicted molar refractivity (Wildman–Crippen MR) is 83.6 cm³/mol. The highest BCUT2D eigenvalue weighted by Crippen LogP contribution is 2.37. The van der Waals surface area contributed by atoms with E-state index in [0.717, 1.165) is 22.6 Å². The predicted octanol–water partition coefficient (Wildman–Crippen LogP) is 3.46. The zero-order valence-corrected chi connectivity index (χ0v) is 13.2. The molecule has 1 amide bonds. The van der Waals surface area contributed by atoms with Crippen molar-refractivity contribution in [2.24, 2.45) is 0 Å². The SMILES string of the molecule is O=C(Cc1cccs1)Nc1nc2c(s1)CCCC2OC(=O)O. The van der Waals surface area contributed by atoms with Gasteiger partial charge in [0, 0.05) is 9.75 Å². The maximum atomic E-state index is 12.0. The Morgan fingerprint density at radius 1 is 1.50 bits per heavy atom. The minimum atomic E-state index is -1.30. The zero-order chi connectivity index (χ0) is 15.5. The summed E-state index contributed by atoms with van der Waals surface area (Å²) in [5.41, 5.74) is 0.644. The monoisotopic (exact) mass is 338 g/mol. The number of thiazole rings is 1. The molecule has 2 aromatic rings. The van der Waals surface area contributed by atoms with Crippen LogP contribution in [0, 0.1) is 0 Å². The van der Waals surface area contributed by atoms with E-state index in [-0.39, 0.29) is 5.91 Å². The Hall–Kier alpha value is -1.93. The van der Waals surface area contributed by atoms with E-state index in [1.54, 1.807) is 0 Å². The number of carbonyl (C=O) groups excluding carboxylic acids is 1. The molecule has 1 aliphatic rings. The first-order valence-corrected chi connectivity index (χ1v) is 8.53. The van der Waals surface area contributed by atoms with Crippen molar-refractivity contribution in [1.29, 1.82) is 0 Å². The van der Waals surface area contributed by atoms with Crippen LogP contribution >= 0.6 is 22.7 Å². The van der Waals surface area contributed by atoms with Crippen molar-refractivity contribution in [2.75, 3.05) is 5.32 Å². The lowest BCUT2D eigenvalue weighted by Crippen LogP contribution is -2.16. The Bertz CT molecular complexity index is 681. The lowest BCUT2D eigenvalue weighted by molar-refractivity contribution is -0.115. The second-order valence-corrected chi connectivity index (χ2v) is 7.01. The molecule has 0 saturated heterocycles. The number of nitrogens with one attached hydrogen (secondary N) is 1.